The highest BCUT2D eigenvalue weighted by Gasteiger charge is 2.24. The largest absolute Gasteiger partial charge is 0.399 e. The minimum Gasteiger partial charge on any atom is -0.399 e. The lowest BCUT2D eigenvalue weighted by molar-refractivity contribution is 0.0360. The molecule has 6 N–H and O–H groups in total. The number of nitrogen functional groups attached to an aromatic ring is 3. The number of piperidine rings is 1. The molecule has 3 aliphatic heterocycles. The van der Waals surface area contributed by atoms with Crippen LogP contribution in [0.5, 0.6) is 0 Å². The standard InChI is InChI=1S/C16H22N4O.C14H22N2O2S.C12H19N3O2S/c1-13-10-15(17)2-3-16(13)14-11-18-20(12-14)5-4-19-6-8-21-9-7-19;1-19(17,18)11-10-16-8-6-13(7-9-16)12-2-4-14(15)5-3-12;1-10-9-11(3-4-12(10)13)14-5-7-15(8-6-14)18(2,16)17/h2-3,10-12H,4-9,17H2,1H3;2-5,13H,6-11,15H2,1H3;3-4,9H,5-8,13H2,1-2H3. The molecule has 7 rings (SSSR count). The molecule has 0 saturated carbocycles. The molecule has 1 aromatic heterocycles. The molecule has 0 aliphatic carbocycles. The number of nitrogens with zero attached hydrogens (tertiary/aromatic N) is 6. The molecule has 58 heavy (non-hydrogen) atoms. The van der Waals surface area contributed by atoms with E-state index in [1.807, 2.05) is 60.3 Å². The normalized spacial score (nSPS) is 17.6. The summed E-state index contributed by atoms with van der Waals surface area (Å²) >= 11 is 0. The molecule has 4 heterocycles. The first-order valence-electron chi connectivity index (χ1n) is 20.0. The van der Waals surface area contributed by atoms with Gasteiger partial charge < -0.3 is 31.7 Å². The number of ether oxygens (including phenoxy) is 1. The highest BCUT2D eigenvalue weighted by Crippen LogP contribution is 2.29. The SMILES string of the molecule is CS(=O)(=O)CCN1CCC(c2ccc(N)cc2)CC1.Cc1cc(N)ccc1-c1cnn(CCN2CCOCC2)c1.Cc1cc(N2CCN(S(C)(=O)=O)CC2)ccc1N. The van der Waals surface area contributed by atoms with Crippen LogP contribution in [0.1, 0.15) is 35.4 Å². The van der Waals surface area contributed by atoms with Crippen molar-refractivity contribution in [3.8, 4) is 11.1 Å². The van der Waals surface area contributed by atoms with Crippen molar-refractivity contribution in [1.82, 2.24) is 23.9 Å². The summed E-state index contributed by atoms with van der Waals surface area (Å²) in [6, 6.07) is 20.0. The Morgan fingerprint density at radius 3 is 1.95 bits per heavy atom. The quantitative estimate of drug-likeness (QED) is 0.196. The number of piperazine rings is 1. The van der Waals surface area contributed by atoms with E-state index in [0.29, 0.717) is 25.6 Å². The Hall–Kier alpha value is -4.19. The van der Waals surface area contributed by atoms with Crippen LogP contribution in [0, 0.1) is 13.8 Å². The number of aryl methyl sites for hydroxylation is 2. The smallest absolute Gasteiger partial charge is 0.211 e. The second-order valence-electron chi connectivity index (χ2n) is 15.6. The molecule has 0 bridgehead atoms. The Morgan fingerprint density at radius 1 is 0.707 bits per heavy atom. The fraction of sp³-hybridized carbons (Fsp3) is 0.500. The molecule has 3 fully saturated rings. The second kappa shape index (κ2) is 20.7. The van der Waals surface area contributed by atoms with Gasteiger partial charge in [-0.05, 0) is 110 Å². The number of sulfone groups is 1. The molecule has 14 nitrogen and oxygen atoms in total. The highest BCUT2D eigenvalue weighted by molar-refractivity contribution is 7.90. The van der Waals surface area contributed by atoms with E-state index in [9.17, 15) is 16.8 Å². The van der Waals surface area contributed by atoms with Crippen LogP contribution < -0.4 is 22.1 Å². The predicted octanol–water partition coefficient (Wildman–Crippen LogP) is 3.92. The van der Waals surface area contributed by atoms with Gasteiger partial charge in [0.1, 0.15) is 9.84 Å². The first-order valence-corrected chi connectivity index (χ1v) is 24.0. The third-order valence-electron chi connectivity index (χ3n) is 11.0. The van der Waals surface area contributed by atoms with E-state index in [0.717, 1.165) is 112 Å². The van der Waals surface area contributed by atoms with Gasteiger partial charge in [0.05, 0.1) is 38.0 Å². The molecule has 0 radical (unpaired) electrons. The Kier molecular flexibility index (Phi) is 16.0. The fourth-order valence-corrected chi connectivity index (χ4v) is 8.81. The summed E-state index contributed by atoms with van der Waals surface area (Å²) in [6.45, 7) is 14.8. The van der Waals surface area contributed by atoms with Crippen LogP contribution in [0.2, 0.25) is 0 Å². The number of anilines is 4. The predicted molar refractivity (Wildman–Crippen MR) is 237 cm³/mol. The molecular weight excluding hydrogens is 775 g/mol. The molecule has 0 spiro atoms. The van der Waals surface area contributed by atoms with E-state index in [-0.39, 0.29) is 5.75 Å². The van der Waals surface area contributed by atoms with Gasteiger partial charge in [0.2, 0.25) is 10.0 Å². The summed E-state index contributed by atoms with van der Waals surface area (Å²) in [5, 5.41) is 4.47. The molecule has 0 amide bonds. The zero-order valence-corrected chi connectivity index (χ0v) is 36.2. The maximum Gasteiger partial charge on any atom is 0.211 e. The number of sulfonamides is 1. The van der Waals surface area contributed by atoms with Crippen LogP contribution in [0.15, 0.2) is 73.1 Å². The van der Waals surface area contributed by atoms with Crippen molar-refractivity contribution in [1.29, 1.82) is 0 Å². The number of nitrogens with two attached hydrogens (primary N) is 3. The fourth-order valence-electron chi connectivity index (χ4n) is 7.39. The summed E-state index contributed by atoms with van der Waals surface area (Å²) in [6.07, 6.45) is 8.78. The highest BCUT2D eigenvalue weighted by atomic mass is 32.2. The first kappa shape index (κ1) is 44.9. The number of hydrogen-bond acceptors (Lipinski definition) is 12. The summed E-state index contributed by atoms with van der Waals surface area (Å²) in [5.74, 6) is 0.842. The minimum atomic E-state index is -3.06. The third-order valence-corrected chi connectivity index (χ3v) is 13.3. The molecule has 0 unspecified atom stereocenters. The van der Waals surface area contributed by atoms with Crippen molar-refractivity contribution in [2.75, 3.05) is 119 Å². The van der Waals surface area contributed by atoms with Crippen molar-refractivity contribution in [3.63, 3.8) is 0 Å². The molecule has 4 aromatic rings. The molecule has 3 saturated heterocycles. The number of benzene rings is 3. The summed E-state index contributed by atoms with van der Waals surface area (Å²) in [5.41, 5.74) is 26.7. The maximum absolute atomic E-state index is 11.4. The van der Waals surface area contributed by atoms with E-state index in [1.165, 1.54) is 33.5 Å². The van der Waals surface area contributed by atoms with E-state index in [2.05, 4.69) is 51.1 Å². The van der Waals surface area contributed by atoms with Gasteiger partial charge in [0.15, 0.2) is 0 Å². The van der Waals surface area contributed by atoms with Gasteiger partial charge >= 0.3 is 0 Å². The van der Waals surface area contributed by atoms with E-state index in [4.69, 9.17) is 21.9 Å². The number of likely N-dealkylation sites (tertiary alicyclic amines) is 1. The zero-order valence-electron chi connectivity index (χ0n) is 34.6. The average Bonchev–Trinajstić information content (AvgIpc) is 3.67. The van der Waals surface area contributed by atoms with Gasteiger partial charge in [-0.15, -0.1) is 0 Å². The van der Waals surface area contributed by atoms with Gasteiger partial charge in [-0.2, -0.15) is 9.40 Å². The van der Waals surface area contributed by atoms with Crippen molar-refractivity contribution >= 4 is 42.6 Å². The average molecular weight is 838 g/mol. The number of aromatic nitrogens is 2. The van der Waals surface area contributed by atoms with Crippen LogP contribution in [-0.4, -0.2) is 138 Å². The molecule has 318 valence electrons. The topological polar surface area (TPSA) is 186 Å². The summed E-state index contributed by atoms with van der Waals surface area (Å²) in [7, 11) is -5.91. The molecule has 0 atom stereocenters. The second-order valence-corrected chi connectivity index (χ2v) is 19.9. The van der Waals surface area contributed by atoms with Gasteiger partial charge in [-0.3, -0.25) is 9.58 Å². The summed E-state index contributed by atoms with van der Waals surface area (Å²) in [4.78, 5) is 6.85. The van der Waals surface area contributed by atoms with E-state index >= 15 is 0 Å². The number of morpholine rings is 1. The van der Waals surface area contributed by atoms with Crippen LogP contribution >= 0.6 is 0 Å². The van der Waals surface area contributed by atoms with Crippen LogP contribution in [0.25, 0.3) is 11.1 Å². The number of hydrogen-bond donors (Lipinski definition) is 3. The Bertz CT molecular complexity index is 2120. The number of rotatable bonds is 10. The van der Waals surface area contributed by atoms with E-state index < -0.39 is 19.9 Å². The molecular formula is C42H63N9O5S2. The maximum atomic E-state index is 11.4. The van der Waals surface area contributed by atoms with Crippen molar-refractivity contribution < 1.29 is 21.6 Å². The van der Waals surface area contributed by atoms with Crippen molar-refractivity contribution in [2.45, 2.75) is 39.2 Å². The zero-order chi connectivity index (χ0) is 41.9. The third kappa shape index (κ3) is 14.0. The lowest BCUT2D eigenvalue weighted by atomic mass is 9.89. The Labute approximate surface area is 345 Å². The lowest BCUT2D eigenvalue weighted by Crippen LogP contribution is -2.48. The van der Waals surface area contributed by atoms with Gasteiger partial charge in [0, 0.05) is 93.1 Å². The molecule has 16 heteroatoms. The lowest BCUT2D eigenvalue weighted by Gasteiger charge is -2.35. The van der Waals surface area contributed by atoms with E-state index in [1.54, 1.807) is 0 Å². The molecule has 3 aliphatic rings. The summed E-state index contributed by atoms with van der Waals surface area (Å²) < 4.78 is 54.0. The van der Waals surface area contributed by atoms with Gasteiger partial charge in [-0.25, -0.2) is 16.8 Å². The van der Waals surface area contributed by atoms with Gasteiger partial charge in [-0.1, -0.05) is 18.2 Å². The van der Waals surface area contributed by atoms with Crippen LogP contribution in [0.3, 0.4) is 0 Å². The monoisotopic (exact) mass is 837 g/mol. The van der Waals surface area contributed by atoms with Gasteiger partial charge in [0.25, 0.3) is 0 Å². The molecule has 3 aromatic carbocycles. The Balaban J connectivity index is 0.000000166. The van der Waals surface area contributed by atoms with Crippen molar-refractivity contribution in [3.05, 3.63) is 89.7 Å². The van der Waals surface area contributed by atoms with Crippen LogP contribution in [-0.2, 0) is 31.1 Å². The Morgan fingerprint density at radius 2 is 1.34 bits per heavy atom. The van der Waals surface area contributed by atoms with Crippen LogP contribution in [0.4, 0.5) is 22.7 Å². The first-order chi connectivity index (χ1) is 27.5. The van der Waals surface area contributed by atoms with Crippen molar-refractivity contribution in [2.24, 2.45) is 0 Å². The minimum absolute atomic E-state index is 0.263.